The smallest absolute Gasteiger partial charge is 0.241 e. The van der Waals surface area contributed by atoms with Gasteiger partial charge in [0, 0.05) is 5.69 Å². The summed E-state index contributed by atoms with van der Waals surface area (Å²) in [5, 5.41) is 9.53. The molecule has 0 bridgehead atoms. The van der Waals surface area contributed by atoms with Crippen LogP contribution in [0.1, 0.15) is 11.1 Å². The van der Waals surface area contributed by atoms with Crippen molar-refractivity contribution in [2.75, 3.05) is 11.1 Å². The molecule has 0 radical (unpaired) electrons. The first-order valence-electron chi connectivity index (χ1n) is 4.67. The van der Waals surface area contributed by atoms with Gasteiger partial charge in [-0.25, -0.2) is 5.10 Å². The molecule has 0 aliphatic carbocycles. The van der Waals surface area contributed by atoms with Gasteiger partial charge in [-0.3, -0.25) is 0 Å². The van der Waals surface area contributed by atoms with Gasteiger partial charge in [-0.2, -0.15) is 4.98 Å². The summed E-state index contributed by atoms with van der Waals surface area (Å²) in [7, 11) is 0. The minimum Gasteiger partial charge on any atom is -0.366 e. The van der Waals surface area contributed by atoms with Crippen molar-refractivity contribution in [2.45, 2.75) is 13.8 Å². The van der Waals surface area contributed by atoms with Crippen molar-refractivity contribution in [1.82, 2.24) is 15.2 Å². The number of anilines is 3. The van der Waals surface area contributed by atoms with Gasteiger partial charge in [0.05, 0.1) is 0 Å². The van der Waals surface area contributed by atoms with E-state index >= 15 is 0 Å². The largest absolute Gasteiger partial charge is 0.366 e. The first kappa shape index (κ1) is 9.51. The van der Waals surface area contributed by atoms with Gasteiger partial charge in [0.1, 0.15) is 0 Å². The lowest BCUT2D eigenvalue weighted by Crippen LogP contribution is -1.94. The van der Waals surface area contributed by atoms with Crippen LogP contribution in [0.3, 0.4) is 0 Å². The summed E-state index contributed by atoms with van der Waals surface area (Å²) in [6.07, 6.45) is 0. The van der Waals surface area contributed by atoms with Crippen molar-refractivity contribution >= 4 is 17.6 Å². The van der Waals surface area contributed by atoms with Crippen LogP contribution in [0.15, 0.2) is 18.2 Å². The maximum atomic E-state index is 5.40. The Kier molecular flexibility index (Phi) is 2.29. The van der Waals surface area contributed by atoms with E-state index in [9.17, 15) is 0 Å². The van der Waals surface area contributed by atoms with Gasteiger partial charge in [0.25, 0.3) is 0 Å². The summed E-state index contributed by atoms with van der Waals surface area (Å²) < 4.78 is 0. The number of hydrogen-bond donors (Lipinski definition) is 3. The van der Waals surface area contributed by atoms with Crippen molar-refractivity contribution in [1.29, 1.82) is 0 Å². The first-order chi connectivity index (χ1) is 7.13. The Balaban J connectivity index is 2.24. The molecule has 0 aliphatic heterocycles. The van der Waals surface area contributed by atoms with Gasteiger partial charge in [0.2, 0.25) is 11.9 Å². The lowest BCUT2D eigenvalue weighted by molar-refractivity contribution is 1.10. The van der Waals surface area contributed by atoms with E-state index in [1.807, 2.05) is 26.0 Å². The van der Waals surface area contributed by atoms with E-state index in [0.29, 0.717) is 5.95 Å². The Morgan fingerprint density at radius 2 is 1.87 bits per heavy atom. The second kappa shape index (κ2) is 3.61. The molecule has 1 aromatic carbocycles. The number of H-pyrrole nitrogens is 1. The molecule has 0 saturated heterocycles. The Morgan fingerprint density at radius 1 is 1.20 bits per heavy atom. The van der Waals surface area contributed by atoms with E-state index in [1.54, 1.807) is 0 Å². The highest BCUT2D eigenvalue weighted by molar-refractivity contribution is 5.56. The maximum absolute atomic E-state index is 5.40. The molecule has 2 rings (SSSR count). The molecule has 2 aromatic rings. The second-order valence-corrected chi connectivity index (χ2v) is 3.54. The fourth-order valence-electron chi connectivity index (χ4n) is 1.51. The summed E-state index contributed by atoms with van der Waals surface area (Å²) >= 11 is 0. The Bertz CT molecular complexity index is 454. The normalized spacial score (nSPS) is 10.3. The molecule has 0 amide bonds. The summed E-state index contributed by atoms with van der Waals surface area (Å²) in [6.45, 7) is 4.10. The molecule has 78 valence electrons. The predicted octanol–water partition coefficient (Wildman–Crippen LogP) is 1.75. The van der Waals surface area contributed by atoms with E-state index in [1.165, 1.54) is 11.1 Å². The third-order valence-electron chi connectivity index (χ3n) is 1.99. The van der Waals surface area contributed by atoms with Crippen LogP contribution < -0.4 is 11.1 Å². The molecular formula is C10H13N5. The summed E-state index contributed by atoms with van der Waals surface area (Å²) in [5.74, 6) is 0.791. The van der Waals surface area contributed by atoms with E-state index < -0.39 is 0 Å². The first-order valence-corrected chi connectivity index (χ1v) is 4.67. The number of nitrogen functional groups attached to an aromatic ring is 1. The molecule has 0 atom stereocenters. The fourth-order valence-corrected chi connectivity index (χ4v) is 1.51. The van der Waals surface area contributed by atoms with Crippen molar-refractivity contribution in [3.8, 4) is 0 Å². The van der Waals surface area contributed by atoms with Gasteiger partial charge < -0.3 is 11.1 Å². The van der Waals surface area contributed by atoms with Crippen LogP contribution in [0.2, 0.25) is 0 Å². The predicted molar refractivity (Wildman–Crippen MR) is 60.0 cm³/mol. The molecule has 5 heteroatoms. The Hall–Kier alpha value is -2.04. The number of aromatic amines is 1. The highest BCUT2D eigenvalue weighted by Gasteiger charge is 2.00. The van der Waals surface area contributed by atoms with Crippen molar-refractivity contribution in [3.63, 3.8) is 0 Å². The number of hydrogen-bond acceptors (Lipinski definition) is 4. The van der Waals surface area contributed by atoms with Gasteiger partial charge in [-0.1, -0.05) is 6.07 Å². The molecular weight excluding hydrogens is 190 g/mol. The Labute approximate surface area is 87.7 Å². The number of benzene rings is 1. The van der Waals surface area contributed by atoms with Crippen molar-refractivity contribution in [3.05, 3.63) is 29.3 Å². The summed E-state index contributed by atoms with van der Waals surface area (Å²) in [6, 6.07) is 6.18. The van der Waals surface area contributed by atoms with Crippen LogP contribution in [0, 0.1) is 13.8 Å². The molecule has 0 spiro atoms. The summed E-state index contributed by atoms with van der Waals surface area (Å²) in [5.41, 5.74) is 8.77. The molecule has 0 saturated carbocycles. The zero-order chi connectivity index (χ0) is 10.8. The van der Waals surface area contributed by atoms with Crippen LogP contribution >= 0.6 is 0 Å². The van der Waals surface area contributed by atoms with E-state index in [2.05, 4.69) is 26.6 Å². The molecule has 4 N–H and O–H groups in total. The van der Waals surface area contributed by atoms with E-state index in [4.69, 9.17) is 5.73 Å². The van der Waals surface area contributed by atoms with Crippen molar-refractivity contribution < 1.29 is 0 Å². The van der Waals surface area contributed by atoms with Gasteiger partial charge in [-0.15, -0.1) is 5.10 Å². The van der Waals surface area contributed by atoms with Crippen LogP contribution in [-0.2, 0) is 0 Å². The molecule has 1 heterocycles. The average molecular weight is 203 g/mol. The number of nitrogens with two attached hydrogens (primary N) is 1. The van der Waals surface area contributed by atoms with E-state index in [-0.39, 0.29) is 5.95 Å². The highest BCUT2D eigenvalue weighted by atomic mass is 15.3. The number of rotatable bonds is 2. The van der Waals surface area contributed by atoms with Crippen LogP contribution in [0.5, 0.6) is 0 Å². The van der Waals surface area contributed by atoms with Crippen LogP contribution in [-0.4, -0.2) is 15.2 Å². The second-order valence-electron chi connectivity index (χ2n) is 3.54. The third kappa shape index (κ3) is 2.25. The standard InChI is InChI=1S/C10H13N5/c1-6-3-7(2)5-8(4-6)12-10-13-9(11)14-15-10/h3-5H,1-2H3,(H4,11,12,13,14,15). The summed E-state index contributed by atoms with van der Waals surface area (Å²) in [4.78, 5) is 3.97. The van der Waals surface area contributed by atoms with Crippen molar-refractivity contribution in [2.24, 2.45) is 0 Å². The third-order valence-corrected chi connectivity index (χ3v) is 1.99. The van der Waals surface area contributed by atoms with Gasteiger partial charge in [-0.05, 0) is 37.1 Å². The number of nitrogens with zero attached hydrogens (tertiary/aromatic N) is 2. The minimum absolute atomic E-state index is 0.238. The quantitative estimate of drug-likeness (QED) is 0.694. The maximum Gasteiger partial charge on any atom is 0.241 e. The number of aryl methyl sites for hydroxylation is 2. The van der Waals surface area contributed by atoms with E-state index in [0.717, 1.165) is 5.69 Å². The molecule has 1 aromatic heterocycles. The highest BCUT2D eigenvalue weighted by Crippen LogP contribution is 2.17. The molecule has 0 fully saturated rings. The molecule has 15 heavy (non-hydrogen) atoms. The van der Waals surface area contributed by atoms with Gasteiger partial charge >= 0.3 is 0 Å². The lowest BCUT2D eigenvalue weighted by atomic mass is 10.1. The lowest BCUT2D eigenvalue weighted by Gasteiger charge is -2.04. The fraction of sp³-hybridized carbons (Fsp3) is 0.200. The molecule has 0 aliphatic rings. The molecule has 5 nitrogen and oxygen atoms in total. The Morgan fingerprint density at radius 3 is 2.40 bits per heavy atom. The topological polar surface area (TPSA) is 79.6 Å². The minimum atomic E-state index is 0.238. The molecule has 0 unspecified atom stereocenters. The van der Waals surface area contributed by atoms with Crippen LogP contribution in [0.4, 0.5) is 17.6 Å². The zero-order valence-corrected chi connectivity index (χ0v) is 8.70. The number of nitrogens with one attached hydrogen (secondary N) is 2. The number of aromatic nitrogens is 3. The monoisotopic (exact) mass is 203 g/mol. The average Bonchev–Trinajstić information content (AvgIpc) is 2.49. The van der Waals surface area contributed by atoms with Crippen LogP contribution in [0.25, 0.3) is 0 Å². The van der Waals surface area contributed by atoms with Gasteiger partial charge in [0.15, 0.2) is 0 Å². The SMILES string of the molecule is Cc1cc(C)cc(Nc2nc(N)n[nH]2)c1. The zero-order valence-electron chi connectivity index (χ0n) is 8.70.